The maximum atomic E-state index is 5.37. The summed E-state index contributed by atoms with van der Waals surface area (Å²) in [5.74, 6) is 0.744. The smallest absolute Gasteiger partial charge is 0.0636 e. The lowest BCUT2D eigenvalue weighted by Gasteiger charge is -2.23. The lowest BCUT2D eigenvalue weighted by molar-refractivity contribution is 0.0665. The van der Waals surface area contributed by atoms with Crippen molar-refractivity contribution >= 4 is 5.69 Å². The van der Waals surface area contributed by atoms with Crippen LogP contribution in [0.2, 0.25) is 0 Å². The van der Waals surface area contributed by atoms with Crippen molar-refractivity contribution in [1.82, 2.24) is 0 Å². The summed E-state index contributed by atoms with van der Waals surface area (Å²) in [7, 11) is 1.64. The number of anilines is 1. The Bertz CT molecular complexity index is 321. The largest absolute Gasteiger partial charge is 0.381 e. The molecule has 0 unspecified atom stereocenters. The highest BCUT2D eigenvalue weighted by molar-refractivity contribution is 5.49. The number of benzene rings is 1. The van der Waals surface area contributed by atoms with Crippen LogP contribution in [0.25, 0.3) is 0 Å². The van der Waals surface area contributed by atoms with Gasteiger partial charge in [0.25, 0.3) is 0 Å². The third-order valence-electron chi connectivity index (χ3n) is 3.08. The molecule has 1 aromatic rings. The minimum Gasteiger partial charge on any atom is -0.381 e. The van der Waals surface area contributed by atoms with E-state index in [9.17, 15) is 0 Å². The Morgan fingerprint density at radius 1 is 1.31 bits per heavy atom. The fourth-order valence-electron chi connectivity index (χ4n) is 2.17. The first-order valence-electron chi connectivity index (χ1n) is 5.85. The van der Waals surface area contributed by atoms with E-state index in [0.29, 0.717) is 0 Å². The summed E-state index contributed by atoms with van der Waals surface area (Å²) in [5, 5.41) is 0. The van der Waals surface area contributed by atoms with Gasteiger partial charge in [-0.3, -0.25) is 10.3 Å². The maximum absolute atomic E-state index is 5.37. The maximum Gasteiger partial charge on any atom is 0.0636 e. The van der Waals surface area contributed by atoms with Crippen LogP contribution >= 0.6 is 0 Å². The van der Waals surface area contributed by atoms with E-state index in [4.69, 9.17) is 9.57 Å². The van der Waals surface area contributed by atoms with Gasteiger partial charge >= 0.3 is 0 Å². The van der Waals surface area contributed by atoms with Crippen LogP contribution < -0.4 is 5.48 Å². The molecular weight excluding hydrogens is 202 g/mol. The van der Waals surface area contributed by atoms with E-state index in [2.05, 4.69) is 23.7 Å². The normalized spacial score (nSPS) is 17.3. The first-order chi connectivity index (χ1) is 7.90. The molecule has 0 aliphatic carbocycles. The predicted molar refractivity (Wildman–Crippen MR) is 64.3 cm³/mol. The molecule has 1 aliphatic rings. The van der Waals surface area contributed by atoms with Gasteiger partial charge in [-0.2, -0.15) is 0 Å². The number of para-hydroxylation sites is 1. The molecule has 1 saturated heterocycles. The molecular formula is C13H19NO2. The summed E-state index contributed by atoms with van der Waals surface area (Å²) in [4.78, 5) is 4.98. The lowest BCUT2D eigenvalue weighted by Crippen LogP contribution is -2.18. The van der Waals surface area contributed by atoms with Gasteiger partial charge in [-0.25, -0.2) is 0 Å². The zero-order chi connectivity index (χ0) is 11.2. The topological polar surface area (TPSA) is 30.5 Å². The van der Waals surface area contributed by atoms with Gasteiger partial charge in [-0.15, -0.1) is 0 Å². The van der Waals surface area contributed by atoms with Crippen LogP contribution in [-0.2, 0) is 16.0 Å². The van der Waals surface area contributed by atoms with Crippen molar-refractivity contribution in [2.75, 3.05) is 25.8 Å². The van der Waals surface area contributed by atoms with Gasteiger partial charge in [0.1, 0.15) is 0 Å². The molecule has 0 spiro atoms. The van der Waals surface area contributed by atoms with Gasteiger partial charge in [0.05, 0.1) is 12.8 Å². The third kappa shape index (κ3) is 2.97. The van der Waals surface area contributed by atoms with Crippen LogP contribution in [0.4, 0.5) is 5.69 Å². The van der Waals surface area contributed by atoms with E-state index in [1.807, 2.05) is 6.07 Å². The van der Waals surface area contributed by atoms with Gasteiger partial charge in [-0.1, -0.05) is 18.2 Å². The molecule has 1 N–H and O–H groups in total. The van der Waals surface area contributed by atoms with Crippen molar-refractivity contribution in [2.24, 2.45) is 5.92 Å². The Kier molecular flexibility index (Phi) is 4.19. The molecule has 0 saturated carbocycles. The summed E-state index contributed by atoms with van der Waals surface area (Å²) in [6, 6.07) is 8.32. The fraction of sp³-hybridized carbons (Fsp3) is 0.538. The van der Waals surface area contributed by atoms with Crippen LogP contribution in [0.5, 0.6) is 0 Å². The number of hydrogen-bond acceptors (Lipinski definition) is 3. The molecule has 0 atom stereocenters. The Labute approximate surface area is 96.7 Å². The highest BCUT2D eigenvalue weighted by Gasteiger charge is 2.15. The first kappa shape index (κ1) is 11.4. The van der Waals surface area contributed by atoms with Crippen LogP contribution in [0.1, 0.15) is 18.4 Å². The van der Waals surface area contributed by atoms with Crippen LogP contribution in [0.3, 0.4) is 0 Å². The molecule has 16 heavy (non-hydrogen) atoms. The SMILES string of the molecule is CONc1ccccc1CC1CCOCC1. The molecule has 1 heterocycles. The summed E-state index contributed by atoms with van der Waals surface area (Å²) in [5.41, 5.74) is 5.34. The first-order valence-corrected chi connectivity index (χ1v) is 5.85. The van der Waals surface area contributed by atoms with E-state index in [0.717, 1.165) is 31.2 Å². The van der Waals surface area contributed by atoms with E-state index in [1.165, 1.54) is 18.4 Å². The summed E-state index contributed by atoms with van der Waals surface area (Å²) >= 11 is 0. The van der Waals surface area contributed by atoms with Gasteiger partial charge in [0, 0.05) is 13.2 Å². The van der Waals surface area contributed by atoms with Gasteiger partial charge in [0.2, 0.25) is 0 Å². The number of rotatable bonds is 4. The molecule has 3 nitrogen and oxygen atoms in total. The molecule has 1 aromatic carbocycles. The monoisotopic (exact) mass is 221 g/mol. The zero-order valence-corrected chi connectivity index (χ0v) is 9.74. The molecule has 3 heteroatoms. The number of ether oxygens (including phenoxy) is 1. The Balaban J connectivity index is 2.01. The molecule has 1 aliphatic heterocycles. The molecule has 0 aromatic heterocycles. The summed E-state index contributed by atoms with van der Waals surface area (Å²) < 4.78 is 5.37. The average molecular weight is 221 g/mol. The van der Waals surface area contributed by atoms with Crippen LogP contribution in [0, 0.1) is 5.92 Å². The lowest BCUT2D eigenvalue weighted by atomic mass is 9.92. The van der Waals surface area contributed by atoms with E-state index >= 15 is 0 Å². The minimum absolute atomic E-state index is 0.744. The fourth-order valence-corrected chi connectivity index (χ4v) is 2.17. The predicted octanol–water partition coefficient (Wildman–Crippen LogP) is 2.63. The Morgan fingerprint density at radius 2 is 2.06 bits per heavy atom. The number of nitrogens with one attached hydrogen (secondary N) is 1. The van der Waals surface area contributed by atoms with Crippen molar-refractivity contribution in [2.45, 2.75) is 19.3 Å². The molecule has 88 valence electrons. The second kappa shape index (κ2) is 5.87. The number of hydrogen-bond donors (Lipinski definition) is 1. The zero-order valence-electron chi connectivity index (χ0n) is 9.74. The minimum atomic E-state index is 0.744. The van der Waals surface area contributed by atoms with Gasteiger partial charge < -0.3 is 4.74 Å². The molecule has 0 radical (unpaired) electrons. The van der Waals surface area contributed by atoms with Crippen molar-refractivity contribution < 1.29 is 9.57 Å². The Hall–Kier alpha value is -1.06. The second-order valence-electron chi connectivity index (χ2n) is 4.22. The van der Waals surface area contributed by atoms with Gasteiger partial charge in [-0.05, 0) is 36.8 Å². The van der Waals surface area contributed by atoms with Crippen molar-refractivity contribution in [1.29, 1.82) is 0 Å². The second-order valence-corrected chi connectivity index (χ2v) is 4.22. The van der Waals surface area contributed by atoms with Crippen molar-refractivity contribution in [3.05, 3.63) is 29.8 Å². The van der Waals surface area contributed by atoms with E-state index in [-0.39, 0.29) is 0 Å². The summed E-state index contributed by atoms with van der Waals surface area (Å²) in [6.45, 7) is 1.81. The molecule has 1 fully saturated rings. The summed E-state index contributed by atoms with van der Waals surface area (Å²) in [6.07, 6.45) is 3.44. The van der Waals surface area contributed by atoms with Gasteiger partial charge in [0.15, 0.2) is 0 Å². The van der Waals surface area contributed by atoms with Crippen molar-refractivity contribution in [3.63, 3.8) is 0 Å². The van der Waals surface area contributed by atoms with E-state index < -0.39 is 0 Å². The quantitative estimate of drug-likeness (QED) is 0.793. The highest BCUT2D eigenvalue weighted by Crippen LogP contribution is 2.24. The molecule has 0 amide bonds. The van der Waals surface area contributed by atoms with Crippen molar-refractivity contribution in [3.8, 4) is 0 Å². The Morgan fingerprint density at radius 3 is 2.81 bits per heavy atom. The highest BCUT2D eigenvalue weighted by atomic mass is 16.6. The van der Waals surface area contributed by atoms with E-state index in [1.54, 1.807) is 7.11 Å². The molecule has 0 bridgehead atoms. The standard InChI is InChI=1S/C13H19NO2/c1-15-14-13-5-3-2-4-12(13)10-11-6-8-16-9-7-11/h2-5,11,14H,6-10H2,1H3. The van der Waals surface area contributed by atoms with Crippen LogP contribution in [-0.4, -0.2) is 20.3 Å². The molecule has 2 rings (SSSR count). The average Bonchev–Trinajstić information content (AvgIpc) is 2.33. The third-order valence-corrected chi connectivity index (χ3v) is 3.08. The van der Waals surface area contributed by atoms with Crippen LogP contribution in [0.15, 0.2) is 24.3 Å².